The molecule has 1 fully saturated rings. The van der Waals surface area contributed by atoms with E-state index in [1.54, 1.807) is 7.11 Å². The summed E-state index contributed by atoms with van der Waals surface area (Å²) in [5, 5.41) is 8.11. The predicted molar refractivity (Wildman–Crippen MR) is 141 cm³/mol. The van der Waals surface area contributed by atoms with Gasteiger partial charge in [-0.3, -0.25) is 14.3 Å². The van der Waals surface area contributed by atoms with E-state index in [2.05, 4.69) is 31.0 Å². The van der Waals surface area contributed by atoms with E-state index in [9.17, 15) is 4.79 Å². The standard InChI is InChI=1S/C27H35N5O2S/c1-19(2)20(3)28-26(33)21-13-15-30(16-14-21)18-31-27(35)32(23-10-6-5-7-11-23)25(29-31)22-9-8-12-24(17-22)34-4/h5-12,17,19-21H,13-16,18H2,1-4H3,(H,28,33). The second-order valence-electron chi connectivity index (χ2n) is 9.58. The van der Waals surface area contributed by atoms with Crippen LogP contribution in [0.15, 0.2) is 54.6 Å². The van der Waals surface area contributed by atoms with E-state index in [0.29, 0.717) is 17.4 Å². The Balaban J connectivity index is 1.54. The molecule has 3 aromatic rings. The molecule has 0 spiro atoms. The molecular formula is C27H35N5O2S. The third-order valence-corrected chi connectivity index (χ3v) is 7.24. The van der Waals surface area contributed by atoms with Crippen molar-refractivity contribution in [1.29, 1.82) is 0 Å². The molecule has 0 saturated carbocycles. The van der Waals surface area contributed by atoms with Crippen LogP contribution >= 0.6 is 12.2 Å². The SMILES string of the molecule is COc1cccc(-c2nn(CN3CCC(C(=O)NC(C)C(C)C)CC3)c(=S)n2-c2ccccc2)c1. The van der Waals surface area contributed by atoms with Gasteiger partial charge < -0.3 is 10.1 Å². The summed E-state index contributed by atoms with van der Waals surface area (Å²) < 4.78 is 9.97. The molecule has 4 rings (SSSR count). The zero-order valence-corrected chi connectivity index (χ0v) is 21.8. The average Bonchev–Trinajstić information content (AvgIpc) is 3.20. The van der Waals surface area contributed by atoms with Gasteiger partial charge in [-0.25, -0.2) is 4.68 Å². The van der Waals surface area contributed by atoms with Crippen LogP contribution in [0.2, 0.25) is 0 Å². The number of amides is 1. The first kappa shape index (κ1) is 25.1. The summed E-state index contributed by atoms with van der Waals surface area (Å²) in [5.74, 6) is 2.22. The van der Waals surface area contributed by atoms with Crippen LogP contribution in [-0.2, 0) is 11.5 Å². The minimum atomic E-state index is 0.0645. The van der Waals surface area contributed by atoms with Gasteiger partial charge in [0.25, 0.3) is 0 Å². The molecule has 1 amide bonds. The molecule has 0 radical (unpaired) electrons. The number of benzene rings is 2. The monoisotopic (exact) mass is 493 g/mol. The van der Waals surface area contributed by atoms with E-state index < -0.39 is 0 Å². The largest absolute Gasteiger partial charge is 0.497 e. The molecule has 35 heavy (non-hydrogen) atoms. The lowest BCUT2D eigenvalue weighted by molar-refractivity contribution is -0.127. The number of aromatic nitrogens is 3. The van der Waals surface area contributed by atoms with E-state index in [-0.39, 0.29) is 17.9 Å². The van der Waals surface area contributed by atoms with Gasteiger partial charge in [0.15, 0.2) is 5.82 Å². The molecule has 1 aliphatic heterocycles. The predicted octanol–water partition coefficient (Wildman–Crippen LogP) is 4.91. The number of nitrogens with zero attached hydrogens (tertiary/aromatic N) is 4. The molecule has 0 aliphatic carbocycles. The lowest BCUT2D eigenvalue weighted by atomic mass is 9.95. The fourth-order valence-electron chi connectivity index (χ4n) is 4.29. The smallest absolute Gasteiger partial charge is 0.223 e. The number of methoxy groups -OCH3 is 1. The normalized spacial score (nSPS) is 15.8. The Kier molecular flexibility index (Phi) is 8.03. The van der Waals surface area contributed by atoms with E-state index in [0.717, 1.165) is 48.8 Å². The first-order valence-corrected chi connectivity index (χ1v) is 12.7. The number of carbonyl (C=O) groups is 1. The summed E-state index contributed by atoms with van der Waals surface area (Å²) in [7, 11) is 1.66. The lowest BCUT2D eigenvalue weighted by Crippen LogP contribution is -2.44. The zero-order chi connectivity index (χ0) is 24.9. The summed E-state index contributed by atoms with van der Waals surface area (Å²) in [6.07, 6.45) is 1.68. The van der Waals surface area contributed by atoms with Crippen molar-refractivity contribution >= 4 is 18.1 Å². The van der Waals surface area contributed by atoms with Crippen molar-refractivity contribution in [2.75, 3.05) is 20.2 Å². The van der Waals surface area contributed by atoms with Crippen molar-refractivity contribution in [2.45, 2.75) is 46.3 Å². The number of ether oxygens (including phenoxy) is 1. The quantitative estimate of drug-likeness (QED) is 0.452. The van der Waals surface area contributed by atoms with Crippen molar-refractivity contribution < 1.29 is 9.53 Å². The summed E-state index contributed by atoms with van der Waals surface area (Å²) in [4.78, 5) is 15.0. The second-order valence-corrected chi connectivity index (χ2v) is 9.95. The van der Waals surface area contributed by atoms with Crippen molar-refractivity contribution in [1.82, 2.24) is 24.6 Å². The Morgan fingerprint density at radius 1 is 1.11 bits per heavy atom. The van der Waals surface area contributed by atoms with Crippen LogP contribution in [0.3, 0.4) is 0 Å². The van der Waals surface area contributed by atoms with E-state index in [1.807, 2.05) is 63.8 Å². The Bertz CT molecular complexity index is 1200. The third kappa shape index (κ3) is 5.82. The van der Waals surface area contributed by atoms with Gasteiger partial charge in [-0.05, 0) is 62.2 Å². The topological polar surface area (TPSA) is 64.3 Å². The number of piperidine rings is 1. The lowest BCUT2D eigenvalue weighted by Gasteiger charge is -2.32. The van der Waals surface area contributed by atoms with Crippen LogP contribution in [0.5, 0.6) is 5.75 Å². The molecule has 1 unspecified atom stereocenters. The number of hydrogen-bond acceptors (Lipinski definition) is 5. The Morgan fingerprint density at radius 3 is 2.49 bits per heavy atom. The Labute approximate surface area is 212 Å². The maximum absolute atomic E-state index is 12.7. The molecule has 2 aromatic carbocycles. The van der Waals surface area contributed by atoms with E-state index >= 15 is 0 Å². The highest BCUT2D eigenvalue weighted by molar-refractivity contribution is 7.71. The van der Waals surface area contributed by atoms with Crippen LogP contribution in [-0.4, -0.2) is 51.4 Å². The highest BCUT2D eigenvalue weighted by Gasteiger charge is 2.27. The van der Waals surface area contributed by atoms with Crippen molar-refractivity contribution in [3.8, 4) is 22.8 Å². The molecule has 0 bridgehead atoms. The number of likely N-dealkylation sites (tertiary alicyclic amines) is 1. The molecule has 1 atom stereocenters. The van der Waals surface area contributed by atoms with Crippen LogP contribution in [0, 0.1) is 16.6 Å². The number of rotatable bonds is 8. The summed E-state index contributed by atoms with van der Waals surface area (Å²) >= 11 is 5.90. The number of nitrogens with one attached hydrogen (secondary N) is 1. The highest BCUT2D eigenvalue weighted by atomic mass is 32.1. The first-order chi connectivity index (χ1) is 16.9. The van der Waals surface area contributed by atoms with E-state index in [1.165, 1.54) is 0 Å². The first-order valence-electron chi connectivity index (χ1n) is 12.3. The zero-order valence-electron chi connectivity index (χ0n) is 21.0. The van der Waals surface area contributed by atoms with Crippen LogP contribution in [0.1, 0.15) is 33.6 Å². The van der Waals surface area contributed by atoms with Gasteiger partial charge in [0, 0.05) is 36.3 Å². The molecule has 186 valence electrons. The maximum atomic E-state index is 12.7. The Hall–Kier alpha value is -2.97. The Morgan fingerprint density at radius 2 is 1.83 bits per heavy atom. The van der Waals surface area contributed by atoms with Gasteiger partial charge in [-0.1, -0.05) is 44.2 Å². The summed E-state index contributed by atoms with van der Waals surface area (Å²) in [6, 6.07) is 18.1. The van der Waals surface area contributed by atoms with Gasteiger partial charge in [0.05, 0.1) is 13.8 Å². The minimum absolute atomic E-state index is 0.0645. The summed E-state index contributed by atoms with van der Waals surface area (Å²) in [5.41, 5.74) is 1.91. The number of para-hydroxylation sites is 1. The molecule has 1 saturated heterocycles. The van der Waals surface area contributed by atoms with Gasteiger partial charge in [0.2, 0.25) is 10.7 Å². The maximum Gasteiger partial charge on any atom is 0.223 e. The van der Waals surface area contributed by atoms with Crippen LogP contribution in [0.4, 0.5) is 0 Å². The molecular weight excluding hydrogens is 458 g/mol. The number of carbonyl (C=O) groups excluding carboxylic acids is 1. The fourth-order valence-corrected chi connectivity index (χ4v) is 4.58. The number of hydrogen-bond donors (Lipinski definition) is 1. The third-order valence-electron chi connectivity index (χ3n) is 6.84. The average molecular weight is 494 g/mol. The van der Waals surface area contributed by atoms with Crippen LogP contribution < -0.4 is 10.1 Å². The van der Waals surface area contributed by atoms with Gasteiger partial charge in [-0.2, -0.15) is 0 Å². The van der Waals surface area contributed by atoms with Crippen molar-refractivity contribution in [2.24, 2.45) is 11.8 Å². The fraction of sp³-hybridized carbons (Fsp3) is 0.444. The molecule has 2 heterocycles. The molecule has 1 aromatic heterocycles. The summed E-state index contributed by atoms with van der Waals surface area (Å²) in [6.45, 7) is 8.59. The van der Waals surface area contributed by atoms with Gasteiger partial charge in [-0.15, -0.1) is 5.10 Å². The van der Waals surface area contributed by atoms with Crippen LogP contribution in [0.25, 0.3) is 17.1 Å². The minimum Gasteiger partial charge on any atom is -0.497 e. The molecule has 8 heteroatoms. The van der Waals surface area contributed by atoms with Crippen molar-refractivity contribution in [3.63, 3.8) is 0 Å². The molecule has 7 nitrogen and oxygen atoms in total. The van der Waals surface area contributed by atoms with Crippen molar-refractivity contribution in [3.05, 3.63) is 59.4 Å². The highest BCUT2D eigenvalue weighted by Crippen LogP contribution is 2.26. The van der Waals surface area contributed by atoms with Gasteiger partial charge in [0.1, 0.15) is 5.75 Å². The molecule has 1 aliphatic rings. The van der Waals surface area contributed by atoms with E-state index in [4.69, 9.17) is 22.1 Å². The second kappa shape index (κ2) is 11.2. The molecule has 1 N–H and O–H groups in total. The van der Waals surface area contributed by atoms with Gasteiger partial charge >= 0.3 is 0 Å².